The molecule has 1 amide bonds. The number of hydrogen-bond donors (Lipinski definition) is 2. The summed E-state index contributed by atoms with van der Waals surface area (Å²) in [6.45, 7) is 3.46. The second-order valence-electron chi connectivity index (χ2n) is 5.88. The molecule has 0 spiro atoms. The lowest BCUT2D eigenvalue weighted by molar-refractivity contribution is -0.384. The number of nitro benzene ring substituents is 1. The lowest BCUT2D eigenvalue weighted by Crippen LogP contribution is -2.20. The number of nitrogens with zero attached hydrogens (tertiary/aromatic N) is 3. The molecule has 0 radical (unpaired) electrons. The molecular weight excluding hydrogens is 346 g/mol. The molecule has 3 aromatic rings. The van der Waals surface area contributed by atoms with E-state index in [0.29, 0.717) is 28.2 Å². The summed E-state index contributed by atoms with van der Waals surface area (Å²) in [6, 6.07) is 15.6. The molecule has 0 bridgehead atoms. The molecule has 1 aromatic heterocycles. The van der Waals surface area contributed by atoms with Crippen molar-refractivity contribution >= 4 is 17.3 Å². The molecule has 0 aliphatic heterocycles. The number of H-pyrrole nitrogens is 1. The van der Waals surface area contributed by atoms with Crippen molar-refractivity contribution in [3.63, 3.8) is 0 Å². The molecule has 136 valence electrons. The molecule has 0 fully saturated rings. The third-order valence-electron chi connectivity index (χ3n) is 4.08. The highest BCUT2D eigenvalue weighted by Crippen LogP contribution is 2.22. The zero-order valence-corrected chi connectivity index (χ0v) is 14.8. The maximum absolute atomic E-state index is 12.4. The van der Waals surface area contributed by atoms with Crippen molar-refractivity contribution in [2.24, 2.45) is 5.10 Å². The van der Waals surface area contributed by atoms with Gasteiger partial charge in [-0.05, 0) is 13.8 Å². The maximum atomic E-state index is 12.4. The maximum Gasteiger partial charge on any atom is 0.289 e. The summed E-state index contributed by atoms with van der Waals surface area (Å²) in [5, 5.41) is 21.9. The lowest BCUT2D eigenvalue weighted by Gasteiger charge is -2.03. The molecule has 0 saturated carbocycles. The number of nitro groups is 1. The van der Waals surface area contributed by atoms with Crippen LogP contribution in [0.3, 0.4) is 0 Å². The van der Waals surface area contributed by atoms with Crippen LogP contribution in [0.15, 0.2) is 59.7 Å². The standard InChI is InChI=1S/C19H17N5O3/c1-12-17(14-7-4-3-5-8-14)21-22-18(12)19(25)23-20-13(2)15-9-6-10-16(11-15)24(26)27/h3-11H,1-2H3,(H,21,22)(H,23,25)/b20-13-. The molecule has 8 nitrogen and oxygen atoms in total. The molecule has 0 saturated heterocycles. The van der Waals surface area contributed by atoms with E-state index in [0.717, 1.165) is 5.56 Å². The van der Waals surface area contributed by atoms with Gasteiger partial charge < -0.3 is 0 Å². The third-order valence-corrected chi connectivity index (χ3v) is 4.08. The fourth-order valence-corrected chi connectivity index (χ4v) is 2.60. The van der Waals surface area contributed by atoms with Crippen LogP contribution in [0.1, 0.15) is 28.5 Å². The summed E-state index contributed by atoms with van der Waals surface area (Å²) in [4.78, 5) is 22.8. The quantitative estimate of drug-likeness (QED) is 0.410. The van der Waals surface area contributed by atoms with Gasteiger partial charge in [-0.25, -0.2) is 5.43 Å². The van der Waals surface area contributed by atoms with E-state index in [-0.39, 0.29) is 5.69 Å². The van der Waals surface area contributed by atoms with E-state index in [9.17, 15) is 14.9 Å². The highest BCUT2D eigenvalue weighted by Gasteiger charge is 2.16. The van der Waals surface area contributed by atoms with E-state index in [2.05, 4.69) is 20.7 Å². The number of aromatic nitrogens is 2. The SMILES string of the molecule is C/C(=N/NC(=O)c1[nH]nc(-c2ccccc2)c1C)c1cccc([N+](=O)[O-])c1. The van der Waals surface area contributed by atoms with Gasteiger partial charge in [0, 0.05) is 28.8 Å². The van der Waals surface area contributed by atoms with Gasteiger partial charge in [-0.2, -0.15) is 10.2 Å². The first-order chi connectivity index (χ1) is 13.0. The number of rotatable bonds is 5. The summed E-state index contributed by atoms with van der Waals surface area (Å²) in [5.41, 5.74) is 6.04. The monoisotopic (exact) mass is 363 g/mol. The van der Waals surface area contributed by atoms with E-state index in [1.807, 2.05) is 30.3 Å². The Morgan fingerprint density at radius 3 is 2.63 bits per heavy atom. The predicted octanol–water partition coefficient (Wildman–Crippen LogP) is 3.45. The zero-order valence-electron chi connectivity index (χ0n) is 14.8. The molecule has 0 aliphatic carbocycles. The Labute approximate surface area is 155 Å². The fourth-order valence-electron chi connectivity index (χ4n) is 2.60. The third kappa shape index (κ3) is 3.90. The van der Waals surface area contributed by atoms with Crippen LogP contribution in [-0.4, -0.2) is 26.7 Å². The van der Waals surface area contributed by atoms with Crippen LogP contribution < -0.4 is 5.43 Å². The van der Waals surface area contributed by atoms with Crippen molar-refractivity contribution in [3.05, 3.63) is 81.5 Å². The van der Waals surface area contributed by atoms with E-state index < -0.39 is 10.8 Å². The normalized spacial score (nSPS) is 11.3. The minimum Gasteiger partial charge on any atom is -0.272 e. The number of hydrogen-bond acceptors (Lipinski definition) is 5. The zero-order chi connectivity index (χ0) is 19.4. The molecule has 3 rings (SSSR count). The average Bonchev–Trinajstić information content (AvgIpc) is 3.08. The summed E-state index contributed by atoms with van der Waals surface area (Å²) in [7, 11) is 0. The van der Waals surface area contributed by atoms with Crippen molar-refractivity contribution in [1.29, 1.82) is 0 Å². The van der Waals surface area contributed by atoms with Crippen LogP contribution in [0.2, 0.25) is 0 Å². The number of hydrazone groups is 1. The van der Waals surface area contributed by atoms with Gasteiger partial charge >= 0.3 is 0 Å². The Morgan fingerprint density at radius 2 is 1.93 bits per heavy atom. The van der Waals surface area contributed by atoms with E-state index >= 15 is 0 Å². The number of aromatic amines is 1. The smallest absolute Gasteiger partial charge is 0.272 e. The number of carbonyl (C=O) groups is 1. The summed E-state index contributed by atoms with van der Waals surface area (Å²) >= 11 is 0. The average molecular weight is 363 g/mol. The van der Waals surface area contributed by atoms with Gasteiger partial charge in [0.1, 0.15) is 5.69 Å². The number of carbonyl (C=O) groups excluding carboxylic acids is 1. The van der Waals surface area contributed by atoms with Crippen LogP contribution in [0.25, 0.3) is 11.3 Å². The number of non-ortho nitro benzene ring substituents is 1. The highest BCUT2D eigenvalue weighted by molar-refractivity contribution is 6.01. The topological polar surface area (TPSA) is 113 Å². The van der Waals surface area contributed by atoms with Gasteiger partial charge in [0.25, 0.3) is 11.6 Å². The minimum atomic E-state index is -0.478. The van der Waals surface area contributed by atoms with Gasteiger partial charge in [0.2, 0.25) is 0 Å². The van der Waals surface area contributed by atoms with Crippen molar-refractivity contribution < 1.29 is 9.72 Å². The summed E-state index contributed by atoms with van der Waals surface area (Å²) in [5.74, 6) is -0.438. The Balaban J connectivity index is 1.78. The lowest BCUT2D eigenvalue weighted by atomic mass is 10.1. The largest absolute Gasteiger partial charge is 0.289 e. The first-order valence-corrected chi connectivity index (χ1v) is 8.17. The summed E-state index contributed by atoms with van der Waals surface area (Å²) < 4.78 is 0. The van der Waals surface area contributed by atoms with E-state index in [4.69, 9.17) is 0 Å². The van der Waals surface area contributed by atoms with Crippen LogP contribution in [-0.2, 0) is 0 Å². The van der Waals surface area contributed by atoms with Crippen LogP contribution in [0.5, 0.6) is 0 Å². The second kappa shape index (κ2) is 7.61. The van der Waals surface area contributed by atoms with E-state index in [1.165, 1.54) is 12.1 Å². The van der Waals surface area contributed by atoms with Gasteiger partial charge in [-0.1, -0.05) is 42.5 Å². The predicted molar refractivity (Wildman–Crippen MR) is 102 cm³/mol. The Morgan fingerprint density at radius 1 is 1.19 bits per heavy atom. The Bertz CT molecular complexity index is 1020. The van der Waals surface area contributed by atoms with Crippen LogP contribution in [0, 0.1) is 17.0 Å². The van der Waals surface area contributed by atoms with Crippen molar-refractivity contribution in [3.8, 4) is 11.3 Å². The van der Waals surface area contributed by atoms with Gasteiger partial charge in [0.15, 0.2) is 0 Å². The number of benzene rings is 2. The molecular formula is C19H17N5O3. The fraction of sp³-hybridized carbons (Fsp3) is 0.105. The van der Waals surface area contributed by atoms with Crippen molar-refractivity contribution in [2.45, 2.75) is 13.8 Å². The molecule has 0 aliphatic rings. The number of amides is 1. The molecule has 2 aromatic carbocycles. The minimum absolute atomic E-state index is 0.0368. The van der Waals surface area contributed by atoms with Crippen LogP contribution in [0.4, 0.5) is 5.69 Å². The van der Waals surface area contributed by atoms with E-state index in [1.54, 1.807) is 26.0 Å². The first kappa shape index (κ1) is 18.0. The molecule has 2 N–H and O–H groups in total. The van der Waals surface area contributed by atoms with Gasteiger partial charge in [0.05, 0.1) is 16.3 Å². The number of nitrogens with one attached hydrogen (secondary N) is 2. The molecule has 27 heavy (non-hydrogen) atoms. The van der Waals surface area contributed by atoms with Gasteiger partial charge in [-0.15, -0.1) is 0 Å². The second-order valence-corrected chi connectivity index (χ2v) is 5.88. The Kier molecular flexibility index (Phi) is 5.07. The molecule has 0 unspecified atom stereocenters. The highest BCUT2D eigenvalue weighted by atomic mass is 16.6. The summed E-state index contributed by atoms with van der Waals surface area (Å²) in [6.07, 6.45) is 0. The molecule has 0 atom stereocenters. The Hall–Kier alpha value is -3.81. The van der Waals surface area contributed by atoms with Crippen molar-refractivity contribution in [2.75, 3.05) is 0 Å². The van der Waals surface area contributed by atoms with Crippen molar-refractivity contribution in [1.82, 2.24) is 15.6 Å². The molecule has 8 heteroatoms. The molecule has 1 heterocycles. The van der Waals surface area contributed by atoms with Crippen LogP contribution >= 0.6 is 0 Å². The first-order valence-electron chi connectivity index (χ1n) is 8.17. The van der Waals surface area contributed by atoms with Gasteiger partial charge in [-0.3, -0.25) is 20.0 Å².